The summed E-state index contributed by atoms with van der Waals surface area (Å²) in [4.78, 5) is 8.23. The number of hydrogen-bond donors (Lipinski definition) is 2. The minimum atomic E-state index is -0.128. The summed E-state index contributed by atoms with van der Waals surface area (Å²) in [6.07, 6.45) is 3.05. The fraction of sp³-hybridized carbons (Fsp3) is 0.200. The van der Waals surface area contributed by atoms with Crippen LogP contribution >= 0.6 is 15.9 Å². The van der Waals surface area contributed by atoms with E-state index in [4.69, 9.17) is 11.1 Å². The molecule has 0 aliphatic heterocycles. The first-order chi connectivity index (χ1) is 8.02. The van der Waals surface area contributed by atoms with E-state index in [1.807, 2.05) is 13.8 Å². The van der Waals surface area contributed by atoms with E-state index in [0.29, 0.717) is 11.5 Å². The van der Waals surface area contributed by atoms with Gasteiger partial charge in [-0.05, 0) is 29.8 Å². The Morgan fingerprint density at radius 2 is 2.00 bits per heavy atom. The third-order valence-corrected chi connectivity index (χ3v) is 3.49. The lowest BCUT2D eigenvalue weighted by molar-refractivity contribution is 0.795. The Morgan fingerprint density at radius 1 is 1.35 bits per heavy atom. The molecule has 0 saturated heterocycles. The number of aryl methyl sites for hydroxylation is 1. The number of amidine groups is 1. The molecule has 0 aromatic carbocycles. The van der Waals surface area contributed by atoms with Gasteiger partial charge in [-0.2, -0.15) is 5.10 Å². The summed E-state index contributed by atoms with van der Waals surface area (Å²) in [5, 5.41) is 11.8. The van der Waals surface area contributed by atoms with Crippen molar-refractivity contribution < 1.29 is 0 Å². The van der Waals surface area contributed by atoms with Gasteiger partial charge in [0.2, 0.25) is 0 Å². The summed E-state index contributed by atoms with van der Waals surface area (Å²) in [6.45, 7) is 3.79. The van der Waals surface area contributed by atoms with Gasteiger partial charge in [0.05, 0.1) is 15.9 Å². The van der Waals surface area contributed by atoms with Gasteiger partial charge in [-0.3, -0.25) is 5.41 Å². The van der Waals surface area contributed by atoms with Crippen LogP contribution in [0.3, 0.4) is 0 Å². The molecule has 0 spiro atoms. The molecule has 2 heterocycles. The van der Waals surface area contributed by atoms with Gasteiger partial charge in [0.25, 0.3) is 0 Å². The van der Waals surface area contributed by atoms with Crippen LogP contribution in [0.25, 0.3) is 5.82 Å². The minimum Gasteiger partial charge on any atom is -0.382 e. The maximum absolute atomic E-state index is 7.48. The summed E-state index contributed by atoms with van der Waals surface area (Å²) >= 11 is 3.44. The Kier molecular flexibility index (Phi) is 2.93. The van der Waals surface area contributed by atoms with Gasteiger partial charge >= 0.3 is 0 Å². The molecule has 0 saturated carbocycles. The van der Waals surface area contributed by atoms with E-state index in [2.05, 4.69) is 31.0 Å². The maximum Gasteiger partial charge on any atom is 0.183 e. The standard InChI is InChI=1S/C10H11BrN6/c1-5-7(11)6(2)17(16-5)10-8(9(12)13)14-3-4-15-10/h3-4H,1-2H3,(H3,12,13). The van der Waals surface area contributed by atoms with Crippen LogP contribution in [0.5, 0.6) is 0 Å². The second-order valence-electron chi connectivity index (χ2n) is 3.54. The van der Waals surface area contributed by atoms with Crippen molar-refractivity contribution in [2.75, 3.05) is 0 Å². The highest BCUT2D eigenvalue weighted by atomic mass is 79.9. The number of hydrogen-bond acceptors (Lipinski definition) is 4. The van der Waals surface area contributed by atoms with Crippen molar-refractivity contribution in [1.82, 2.24) is 19.7 Å². The summed E-state index contributed by atoms with van der Waals surface area (Å²) in [5.41, 5.74) is 7.54. The fourth-order valence-electron chi connectivity index (χ4n) is 1.51. The van der Waals surface area contributed by atoms with Crippen molar-refractivity contribution in [1.29, 1.82) is 5.41 Å². The molecule has 7 heteroatoms. The molecule has 88 valence electrons. The number of nitrogen functional groups attached to an aromatic ring is 1. The number of aromatic nitrogens is 4. The van der Waals surface area contributed by atoms with E-state index >= 15 is 0 Å². The normalized spacial score (nSPS) is 10.5. The number of halogens is 1. The molecule has 0 atom stereocenters. The lowest BCUT2D eigenvalue weighted by atomic mass is 10.3. The molecule has 0 bridgehead atoms. The van der Waals surface area contributed by atoms with Gasteiger partial charge in [0.1, 0.15) is 11.5 Å². The molecule has 3 N–H and O–H groups in total. The summed E-state index contributed by atoms with van der Waals surface area (Å²) < 4.78 is 2.54. The molecule has 2 aromatic heterocycles. The summed E-state index contributed by atoms with van der Waals surface area (Å²) in [6, 6.07) is 0. The van der Waals surface area contributed by atoms with Crippen molar-refractivity contribution in [3.05, 3.63) is 33.9 Å². The topological polar surface area (TPSA) is 93.5 Å². The minimum absolute atomic E-state index is 0.128. The third-order valence-electron chi connectivity index (χ3n) is 2.34. The van der Waals surface area contributed by atoms with Crippen molar-refractivity contribution in [2.24, 2.45) is 5.73 Å². The van der Waals surface area contributed by atoms with E-state index in [1.54, 1.807) is 10.9 Å². The van der Waals surface area contributed by atoms with Gasteiger partial charge < -0.3 is 5.73 Å². The average molecular weight is 295 g/mol. The molecule has 17 heavy (non-hydrogen) atoms. The first-order valence-electron chi connectivity index (χ1n) is 4.90. The van der Waals surface area contributed by atoms with E-state index in [9.17, 15) is 0 Å². The molecular weight excluding hydrogens is 284 g/mol. The third kappa shape index (κ3) is 1.93. The molecule has 0 aliphatic carbocycles. The van der Waals surface area contributed by atoms with E-state index in [1.165, 1.54) is 6.20 Å². The zero-order valence-electron chi connectivity index (χ0n) is 9.40. The number of nitrogens with one attached hydrogen (secondary N) is 1. The molecule has 0 amide bonds. The molecule has 0 unspecified atom stereocenters. The Balaban J connectivity index is 2.68. The van der Waals surface area contributed by atoms with Gasteiger partial charge in [0, 0.05) is 12.4 Å². The Labute approximate surface area is 107 Å². The number of rotatable bonds is 2. The van der Waals surface area contributed by atoms with Gasteiger partial charge in [-0.1, -0.05) is 0 Å². The highest BCUT2D eigenvalue weighted by Crippen LogP contribution is 2.22. The highest BCUT2D eigenvalue weighted by molar-refractivity contribution is 9.10. The van der Waals surface area contributed by atoms with Crippen LogP contribution in [0.15, 0.2) is 16.9 Å². The van der Waals surface area contributed by atoms with Crippen LogP contribution < -0.4 is 5.73 Å². The van der Waals surface area contributed by atoms with Gasteiger partial charge in [0.15, 0.2) is 5.82 Å². The first kappa shape index (κ1) is 11.7. The SMILES string of the molecule is Cc1nn(-c2nccnc2C(=N)N)c(C)c1Br. The van der Waals surface area contributed by atoms with Crippen molar-refractivity contribution >= 4 is 21.8 Å². The Morgan fingerprint density at radius 3 is 2.53 bits per heavy atom. The summed E-state index contributed by atoms with van der Waals surface area (Å²) in [5.74, 6) is 0.336. The van der Waals surface area contributed by atoms with E-state index in [-0.39, 0.29) is 5.84 Å². The fourth-order valence-corrected chi connectivity index (χ4v) is 1.75. The zero-order valence-corrected chi connectivity index (χ0v) is 11.0. The molecular formula is C10H11BrN6. The lowest BCUT2D eigenvalue weighted by Gasteiger charge is -2.07. The molecule has 2 rings (SSSR count). The maximum atomic E-state index is 7.48. The average Bonchev–Trinajstić information content (AvgIpc) is 2.57. The van der Waals surface area contributed by atoms with E-state index < -0.39 is 0 Å². The monoisotopic (exact) mass is 294 g/mol. The van der Waals surface area contributed by atoms with E-state index in [0.717, 1.165) is 15.9 Å². The molecule has 0 radical (unpaired) electrons. The number of nitrogens with two attached hydrogens (primary N) is 1. The van der Waals surface area contributed by atoms with Crippen LogP contribution in [0, 0.1) is 19.3 Å². The predicted octanol–water partition coefficient (Wildman–Crippen LogP) is 1.33. The molecule has 2 aromatic rings. The van der Waals surface area contributed by atoms with Crippen LogP contribution in [0.2, 0.25) is 0 Å². The second-order valence-corrected chi connectivity index (χ2v) is 4.33. The number of nitrogens with zero attached hydrogens (tertiary/aromatic N) is 4. The van der Waals surface area contributed by atoms with Crippen molar-refractivity contribution in [3.63, 3.8) is 0 Å². The summed E-state index contributed by atoms with van der Waals surface area (Å²) in [7, 11) is 0. The lowest BCUT2D eigenvalue weighted by Crippen LogP contribution is -2.18. The Hall–Kier alpha value is -1.76. The Bertz CT molecular complexity index is 588. The quantitative estimate of drug-likeness (QED) is 0.645. The van der Waals surface area contributed by atoms with Gasteiger partial charge in [-0.15, -0.1) is 0 Å². The first-order valence-corrected chi connectivity index (χ1v) is 5.69. The van der Waals surface area contributed by atoms with Crippen LogP contribution in [-0.2, 0) is 0 Å². The molecule has 0 aliphatic rings. The van der Waals surface area contributed by atoms with Crippen LogP contribution in [-0.4, -0.2) is 25.6 Å². The smallest absolute Gasteiger partial charge is 0.183 e. The van der Waals surface area contributed by atoms with Crippen molar-refractivity contribution in [2.45, 2.75) is 13.8 Å². The zero-order chi connectivity index (χ0) is 12.6. The molecule has 0 fully saturated rings. The predicted molar refractivity (Wildman–Crippen MR) is 67.3 cm³/mol. The van der Waals surface area contributed by atoms with Crippen LogP contribution in [0.1, 0.15) is 17.1 Å². The van der Waals surface area contributed by atoms with Gasteiger partial charge in [-0.25, -0.2) is 14.6 Å². The van der Waals surface area contributed by atoms with Crippen LogP contribution in [0.4, 0.5) is 0 Å². The highest BCUT2D eigenvalue weighted by Gasteiger charge is 2.16. The largest absolute Gasteiger partial charge is 0.382 e. The van der Waals surface area contributed by atoms with Crippen molar-refractivity contribution in [3.8, 4) is 5.82 Å². The second kappa shape index (κ2) is 4.25. The molecule has 6 nitrogen and oxygen atoms in total.